The standard InChI is InChI=1S/C18H14F3N3O2S2/c1-24(12-4-5-12)17-23-15(25)14(28-17)8-11-9-27-16(22-11)10-2-6-13(7-3-10)26-18(19,20)21/h2-3,6-9,12H,4-5H2,1H3/b14-8+. The lowest BCUT2D eigenvalue weighted by atomic mass is 10.2. The van der Waals surface area contributed by atoms with Gasteiger partial charge in [-0.25, -0.2) is 4.98 Å². The van der Waals surface area contributed by atoms with Gasteiger partial charge in [0.2, 0.25) is 0 Å². The van der Waals surface area contributed by atoms with E-state index < -0.39 is 6.36 Å². The zero-order valence-electron chi connectivity index (χ0n) is 14.6. The van der Waals surface area contributed by atoms with Gasteiger partial charge in [0.15, 0.2) is 5.17 Å². The highest BCUT2D eigenvalue weighted by molar-refractivity contribution is 8.18. The first-order valence-corrected chi connectivity index (χ1v) is 10.1. The minimum atomic E-state index is -4.72. The first-order chi connectivity index (χ1) is 13.3. The minimum absolute atomic E-state index is 0.282. The highest BCUT2D eigenvalue weighted by Gasteiger charge is 2.33. The summed E-state index contributed by atoms with van der Waals surface area (Å²) in [6.45, 7) is 0. The molecule has 10 heteroatoms. The van der Waals surface area contributed by atoms with Crippen LogP contribution in [0.2, 0.25) is 0 Å². The molecule has 2 aromatic rings. The summed E-state index contributed by atoms with van der Waals surface area (Å²) in [4.78, 5) is 23.2. The van der Waals surface area contributed by atoms with Crippen LogP contribution in [0.25, 0.3) is 16.6 Å². The fourth-order valence-corrected chi connectivity index (χ4v) is 4.30. The molecule has 1 amide bonds. The Labute approximate surface area is 166 Å². The zero-order chi connectivity index (χ0) is 19.9. The summed E-state index contributed by atoms with van der Waals surface area (Å²) in [6.07, 6.45) is -0.801. The Hall–Kier alpha value is -2.33. The Morgan fingerprint density at radius 2 is 1.96 bits per heavy atom. The molecule has 0 spiro atoms. The number of alkyl halides is 3. The third kappa shape index (κ3) is 4.39. The molecule has 1 fully saturated rings. The van der Waals surface area contributed by atoms with Crippen LogP contribution in [0, 0.1) is 0 Å². The van der Waals surface area contributed by atoms with Gasteiger partial charge in [-0.2, -0.15) is 4.99 Å². The molecule has 0 saturated heterocycles. The maximum absolute atomic E-state index is 12.2. The van der Waals surface area contributed by atoms with Gasteiger partial charge in [-0.05, 0) is 54.9 Å². The maximum atomic E-state index is 12.2. The topological polar surface area (TPSA) is 54.8 Å². The first-order valence-electron chi connectivity index (χ1n) is 8.35. The van der Waals surface area contributed by atoms with E-state index in [2.05, 4.69) is 14.7 Å². The second-order valence-electron chi connectivity index (χ2n) is 6.30. The van der Waals surface area contributed by atoms with Crippen molar-refractivity contribution >= 4 is 40.2 Å². The van der Waals surface area contributed by atoms with Crippen molar-refractivity contribution in [3.8, 4) is 16.3 Å². The summed E-state index contributed by atoms with van der Waals surface area (Å²) in [5, 5.41) is 3.13. The fraction of sp³-hybridized carbons (Fsp3) is 0.278. The molecule has 0 atom stereocenters. The van der Waals surface area contributed by atoms with Crippen molar-refractivity contribution in [2.75, 3.05) is 7.05 Å². The number of hydrogen-bond acceptors (Lipinski definition) is 6. The van der Waals surface area contributed by atoms with E-state index in [0.29, 0.717) is 32.4 Å². The quantitative estimate of drug-likeness (QED) is 0.661. The van der Waals surface area contributed by atoms with Gasteiger partial charge in [0.25, 0.3) is 5.91 Å². The van der Waals surface area contributed by atoms with Gasteiger partial charge >= 0.3 is 6.36 Å². The molecule has 0 bridgehead atoms. The average Bonchev–Trinajstić information content (AvgIpc) is 3.27. The molecule has 1 aromatic heterocycles. The van der Waals surface area contributed by atoms with Crippen LogP contribution in [0.4, 0.5) is 13.2 Å². The van der Waals surface area contributed by atoms with E-state index in [1.54, 1.807) is 11.5 Å². The Balaban J connectivity index is 1.46. The molecule has 1 aliphatic carbocycles. The molecule has 0 radical (unpaired) electrons. The maximum Gasteiger partial charge on any atom is 0.573 e. The Bertz CT molecular complexity index is 963. The monoisotopic (exact) mass is 425 g/mol. The number of thioether (sulfide) groups is 1. The van der Waals surface area contributed by atoms with Crippen LogP contribution in [-0.4, -0.2) is 40.4 Å². The van der Waals surface area contributed by atoms with Gasteiger partial charge < -0.3 is 9.64 Å². The van der Waals surface area contributed by atoms with E-state index in [9.17, 15) is 18.0 Å². The number of carbonyl (C=O) groups is 1. The lowest BCUT2D eigenvalue weighted by molar-refractivity contribution is -0.274. The van der Waals surface area contributed by atoms with Gasteiger partial charge in [0.1, 0.15) is 10.8 Å². The van der Waals surface area contributed by atoms with Crippen molar-refractivity contribution in [2.45, 2.75) is 25.2 Å². The number of amides is 1. The van der Waals surface area contributed by atoms with Crippen LogP contribution >= 0.6 is 23.1 Å². The molecule has 2 heterocycles. The molecule has 1 aliphatic heterocycles. The number of ether oxygens (including phenoxy) is 1. The van der Waals surface area contributed by atoms with Gasteiger partial charge in [0.05, 0.1) is 10.6 Å². The molecule has 0 unspecified atom stereocenters. The van der Waals surface area contributed by atoms with Crippen molar-refractivity contribution in [1.82, 2.24) is 9.88 Å². The summed E-state index contributed by atoms with van der Waals surface area (Å²) in [5.41, 5.74) is 1.27. The molecule has 146 valence electrons. The third-order valence-corrected chi connectivity index (χ3v) is 6.13. The molecule has 1 aromatic carbocycles. The number of benzene rings is 1. The highest BCUT2D eigenvalue weighted by Crippen LogP contribution is 2.35. The van der Waals surface area contributed by atoms with E-state index in [-0.39, 0.29) is 11.7 Å². The average molecular weight is 425 g/mol. The summed E-state index contributed by atoms with van der Waals surface area (Å²) in [7, 11) is 1.94. The number of aromatic nitrogens is 1. The van der Waals surface area contributed by atoms with Gasteiger partial charge in [-0.15, -0.1) is 24.5 Å². The second kappa shape index (κ2) is 7.25. The van der Waals surface area contributed by atoms with Crippen molar-refractivity contribution in [1.29, 1.82) is 0 Å². The molecule has 4 rings (SSSR count). The minimum Gasteiger partial charge on any atom is -0.406 e. The molecule has 28 heavy (non-hydrogen) atoms. The van der Waals surface area contributed by atoms with Crippen LogP contribution < -0.4 is 4.74 Å². The molecule has 0 N–H and O–H groups in total. The lowest BCUT2D eigenvalue weighted by Gasteiger charge is -2.15. The highest BCUT2D eigenvalue weighted by atomic mass is 32.2. The van der Waals surface area contributed by atoms with Gasteiger partial charge in [-0.1, -0.05) is 0 Å². The summed E-state index contributed by atoms with van der Waals surface area (Å²) in [6, 6.07) is 5.98. The predicted molar refractivity (Wildman–Crippen MR) is 103 cm³/mol. The number of aliphatic imine (C=N–C) groups is 1. The van der Waals surface area contributed by atoms with Crippen molar-refractivity contribution in [3.63, 3.8) is 0 Å². The molecule has 2 aliphatic rings. The largest absolute Gasteiger partial charge is 0.573 e. The molecule has 5 nitrogen and oxygen atoms in total. The molecular formula is C18H14F3N3O2S2. The second-order valence-corrected chi connectivity index (χ2v) is 8.17. The smallest absolute Gasteiger partial charge is 0.406 e. The van der Waals surface area contributed by atoms with E-state index in [1.807, 2.05) is 11.9 Å². The number of thiazole rings is 1. The SMILES string of the molecule is CN(C1=NC(=O)/C(=C\c2csc(-c3ccc(OC(F)(F)F)cc3)n2)S1)C1CC1. The van der Waals surface area contributed by atoms with Crippen LogP contribution in [0.3, 0.4) is 0 Å². The van der Waals surface area contributed by atoms with E-state index >= 15 is 0 Å². The Kier molecular flexibility index (Phi) is 4.92. The van der Waals surface area contributed by atoms with Crippen molar-refractivity contribution < 1.29 is 22.7 Å². The number of amidine groups is 1. The Morgan fingerprint density at radius 3 is 2.61 bits per heavy atom. The number of nitrogens with zero attached hydrogens (tertiary/aromatic N) is 3. The Morgan fingerprint density at radius 1 is 1.25 bits per heavy atom. The fourth-order valence-electron chi connectivity index (χ4n) is 2.59. The van der Waals surface area contributed by atoms with Crippen LogP contribution in [0.5, 0.6) is 5.75 Å². The van der Waals surface area contributed by atoms with E-state index in [0.717, 1.165) is 12.8 Å². The molecule has 1 saturated carbocycles. The summed E-state index contributed by atoms with van der Waals surface area (Å²) in [5.74, 6) is -0.566. The number of halogens is 3. The predicted octanol–water partition coefficient (Wildman–Crippen LogP) is 4.77. The number of hydrogen-bond donors (Lipinski definition) is 0. The van der Waals surface area contributed by atoms with E-state index in [4.69, 9.17) is 0 Å². The third-order valence-electron chi connectivity index (χ3n) is 4.14. The first kappa shape index (κ1) is 19.0. The summed E-state index contributed by atoms with van der Waals surface area (Å²) < 4.78 is 40.6. The number of carbonyl (C=O) groups excluding carboxylic acids is 1. The van der Waals surface area contributed by atoms with Crippen LogP contribution in [0.1, 0.15) is 18.5 Å². The lowest BCUT2D eigenvalue weighted by Crippen LogP contribution is -2.24. The normalized spacial score (nSPS) is 18.5. The molecular weight excluding hydrogens is 411 g/mol. The van der Waals surface area contributed by atoms with Crippen LogP contribution in [0.15, 0.2) is 39.5 Å². The van der Waals surface area contributed by atoms with E-state index in [1.165, 1.54) is 47.4 Å². The zero-order valence-corrected chi connectivity index (χ0v) is 16.2. The van der Waals surface area contributed by atoms with Gasteiger partial charge in [-0.3, -0.25) is 4.79 Å². The number of rotatable bonds is 4. The van der Waals surface area contributed by atoms with Gasteiger partial charge in [0, 0.05) is 24.0 Å². The van der Waals surface area contributed by atoms with Crippen molar-refractivity contribution in [3.05, 3.63) is 40.2 Å². The summed E-state index contributed by atoms with van der Waals surface area (Å²) >= 11 is 2.67. The van der Waals surface area contributed by atoms with Crippen LogP contribution in [-0.2, 0) is 4.79 Å². The van der Waals surface area contributed by atoms with Crippen molar-refractivity contribution in [2.24, 2.45) is 4.99 Å².